The van der Waals surface area contributed by atoms with E-state index >= 15 is 0 Å². The Balaban J connectivity index is 1.51. The summed E-state index contributed by atoms with van der Waals surface area (Å²) in [4.78, 5) is 17.6. The van der Waals surface area contributed by atoms with Gasteiger partial charge in [0.05, 0.1) is 7.11 Å². The summed E-state index contributed by atoms with van der Waals surface area (Å²) in [6.07, 6.45) is -0.450. The average Bonchev–Trinajstić information content (AvgIpc) is 3.17. The predicted molar refractivity (Wildman–Crippen MR) is 94.6 cm³/mol. The van der Waals surface area contributed by atoms with Gasteiger partial charge in [-0.1, -0.05) is 6.07 Å². The fraction of sp³-hybridized carbons (Fsp3) is 0.389. The summed E-state index contributed by atoms with van der Waals surface area (Å²) in [6, 6.07) is 11.1. The van der Waals surface area contributed by atoms with Gasteiger partial charge < -0.3 is 14.7 Å². The highest BCUT2D eigenvalue weighted by atomic mass is 32.1. The number of carbonyl (C=O) groups excluding carboxylic acids is 1. The van der Waals surface area contributed by atoms with Crippen LogP contribution in [0.3, 0.4) is 0 Å². The molecule has 1 saturated heterocycles. The van der Waals surface area contributed by atoms with Crippen LogP contribution in [0.2, 0.25) is 0 Å². The molecule has 0 bridgehead atoms. The second-order valence-electron chi connectivity index (χ2n) is 5.85. The molecule has 1 atom stereocenters. The van der Waals surface area contributed by atoms with Crippen LogP contribution in [-0.2, 0) is 0 Å². The number of nitrogens with zero attached hydrogens (tertiary/aromatic N) is 2. The molecular formula is C18H22N2O3S. The number of hydrogen-bond donors (Lipinski definition) is 1. The molecule has 1 fully saturated rings. The summed E-state index contributed by atoms with van der Waals surface area (Å²) in [7, 11) is 1.61. The lowest BCUT2D eigenvalue weighted by molar-refractivity contribution is 0.0533. The standard InChI is InChI=1S/C18H22N2O3S/c1-23-15-6-4-14(5-7-15)18(22)20-10-8-19(9-11-20)13-16(21)17-3-2-12-24-17/h2-7,12,16,21H,8-11,13H2,1H3. The molecular weight excluding hydrogens is 324 g/mol. The van der Waals surface area contributed by atoms with E-state index in [0.717, 1.165) is 23.7 Å². The van der Waals surface area contributed by atoms with Gasteiger partial charge in [0.15, 0.2) is 0 Å². The third-order valence-corrected chi connectivity index (χ3v) is 5.27. The van der Waals surface area contributed by atoms with Gasteiger partial charge in [-0.2, -0.15) is 0 Å². The first-order chi connectivity index (χ1) is 11.7. The zero-order valence-corrected chi connectivity index (χ0v) is 14.5. The summed E-state index contributed by atoms with van der Waals surface area (Å²) >= 11 is 1.57. The van der Waals surface area contributed by atoms with Crippen molar-refractivity contribution in [3.05, 3.63) is 52.2 Å². The molecule has 0 radical (unpaired) electrons. The fourth-order valence-corrected chi connectivity index (χ4v) is 3.57. The number of amides is 1. The van der Waals surface area contributed by atoms with Crippen molar-refractivity contribution in [2.24, 2.45) is 0 Å². The Labute approximate surface area is 146 Å². The number of aliphatic hydroxyl groups is 1. The number of carbonyl (C=O) groups is 1. The summed E-state index contributed by atoms with van der Waals surface area (Å²) in [5.41, 5.74) is 0.683. The predicted octanol–water partition coefficient (Wildman–Crippen LogP) is 2.25. The van der Waals surface area contributed by atoms with Crippen LogP contribution in [0.5, 0.6) is 5.75 Å². The number of hydrogen-bond acceptors (Lipinski definition) is 5. The van der Waals surface area contributed by atoms with Gasteiger partial charge >= 0.3 is 0 Å². The SMILES string of the molecule is COc1ccc(C(=O)N2CCN(CC(O)c3cccs3)CC2)cc1. The molecule has 1 aliphatic rings. The van der Waals surface area contributed by atoms with Gasteiger partial charge in [-0.15, -0.1) is 11.3 Å². The molecule has 2 aromatic rings. The van der Waals surface area contributed by atoms with E-state index < -0.39 is 6.10 Å². The molecule has 3 rings (SSSR count). The van der Waals surface area contributed by atoms with E-state index in [9.17, 15) is 9.90 Å². The number of thiophene rings is 1. The molecule has 1 aliphatic heterocycles. The van der Waals surface area contributed by atoms with Crippen LogP contribution < -0.4 is 4.74 Å². The molecule has 0 aliphatic carbocycles. The Morgan fingerprint density at radius 2 is 1.92 bits per heavy atom. The molecule has 1 aromatic carbocycles. The van der Waals surface area contributed by atoms with E-state index in [0.29, 0.717) is 25.2 Å². The third kappa shape index (κ3) is 3.95. The molecule has 1 N–H and O–H groups in total. The number of benzene rings is 1. The maximum Gasteiger partial charge on any atom is 0.253 e. The van der Waals surface area contributed by atoms with Gasteiger partial charge in [-0.3, -0.25) is 9.69 Å². The van der Waals surface area contributed by atoms with Crippen molar-refractivity contribution in [2.45, 2.75) is 6.10 Å². The second-order valence-corrected chi connectivity index (χ2v) is 6.83. The normalized spacial score (nSPS) is 16.8. The summed E-state index contributed by atoms with van der Waals surface area (Å²) in [6.45, 7) is 3.55. The average molecular weight is 346 g/mol. The number of methoxy groups -OCH3 is 1. The van der Waals surface area contributed by atoms with Gasteiger partial charge in [0.1, 0.15) is 11.9 Å². The fourth-order valence-electron chi connectivity index (χ4n) is 2.87. The van der Waals surface area contributed by atoms with E-state index in [1.54, 1.807) is 42.7 Å². The van der Waals surface area contributed by atoms with Crippen molar-refractivity contribution in [3.63, 3.8) is 0 Å². The zero-order chi connectivity index (χ0) is 16.9. The molecule has 1 aromatic heterocycles. The lowest BCUT2D eigenvalue weighted by Crippen LogP contribution is -2.49. The van der Waals surface area contributed by atoms with Crippen LogP contribution >= 0.6 is 11.3 Å². The van der Waals surface area contributed by atoms with Gasteiger partial charge in [0, 0.05) is 43.2 Å². The lowest BCUT2D eigenvalue weighted by atomic mass is 10.1. The number of β-amino-alcohol motifs (C(OH)–C–C–N with tert-alkyl or cyclic N) is 1. The monoisotopic (exact) mass is 346 g/mol. The number of piperazine rings is 1. The molecule has 24 heavy (non-hydrogen) atoms. The quantitative estimate of drug-likeness (QED) is 0.902. The van der Waals surface area contributed by atoms with Crippen LogP contribution in [0.4, 0.5) is 0 Å². The number of aliphatic hydroxyl groups excluding tert-OH is 1. The van der Waals surface area contributed by atoms with Crippen molar-refractivity contribution in [1.82, 2.24) is 9.80 Å². The van der Waals surface area contributed by atoms with E-state index in [2.05, 4.69) is 4.90 Å². The Morgan fingerprint density at radius 3 is 2.50 bits per heavy atom. The number of rotatable bonds is 5. The molecule has 2 heterocycles. The van der Waals surface area contributed by atoms with E-state index in [1.165, 1.54) is 0 Å². The highest BCUT2D eigenvalue weighted by molar-refractivity contribution is 7.10. The highest BCUT2D eigenvalue weighted by Gasteiger charge is 2.24. The van der Waals surface area contributed by atoms with Crippen molar-refractivity contribution >= 4 is 17.2 Å². The van der Waals surface area contributed by atoms with Crippen LogP contribution in [0.15, 0.2) is 41.8 Å². The topological polar surface area (TPSA) is 53.0 Å². The molecule has 1 unspecified atom stereocenters. The van der Waals surface area contributed by atoms with E-state index in [1.807, 2.05) is 22.4 Å². The van der Waals surface area contributed by atoms with Crippen LogP contribution in [0.1, 0.15) is 21.3 Å². The minimum absolute atomic E-state index is 0.0520. The first-order valence-electron chi connectivity index (χ1n) is 8.04. The molecule has 6 heteroatoms. The van der Waals surface area contributed by atoms with E-state index in [4.69, 9.17) is 4.74 Å². The third-order valence-electron chi connectivity index (χ3n) is 4.30. The van der Waals surface area contributed by atoms with Crippen molar-refractivity contribution < 1.29 is 14.6 Å². The maximum absolute atomic E-state index is 12.5. The highest BCUT2D eigenvalue weighted by Crippen LogP contribution is 2.20. The summed E-state index contributed by atoms with van der Waals surface area (Å²) < 4.78 is 5.12. The number of ether oxygens (including phenoxy) is 1. The smallest absolute Gasteiger partial charge is 0.253 e. The van der Waals surface area contributed by atoms with Crippen LogP contribution in [0.25, 0.3) is 0 Å². The van der Waals surface area contributed by atoms with Crippen molar-refractivity contribution in [1.29, 1.82) is 0 Å². The van der Waals surface area contributed by atoms with Crippen LogP contribution in [-0.4, -0.2) is 60.6 Å². The Bertz CT molecular complexity index is 649. The first kappa shape index (κ1) is 17.0. The maximum atomic E-state index is 12.5. The molecule has 0 saturated carbocycles. The molecule has 128 valence electrons. The van der Waals surface area contributed by atoms with Crippen LogP contribution in [0, 0.1) is 0 Å². The molecule has 1 amide bonds. The van der Waals surface area contributed by atoms with Crippen molar-refractivity contribution in [2.75, 3.05) is 39.8 Å². The summed E-state index contributed by atoms with van der Waals surface area (Å²) in [5, 5.41) is 12.2. The largest absolute Gasteiger partial charge is 0.497 e. The first-order valence-corrected chi connectivity index (χ1v) is 8.92. The minimum atomic E-state index is -0.450. The zero-order valence-electron chi connectivity index (χ0n) is 13.7. The van der Waals surface area contributed by atoms with E-state index in [-0.39, 0.29) is 5.91 Å². The van der Waals surface area contributed by atoms with Gasteiger partial charge in [-0.25, -0.2) is 0 Å². The van der Waals surface area contributed by atoms with Crippen molar-refractivity contribution in [3.8, 4) is 5.75 Å². The second kappa shape index (κ2) is 7.79. The molecule has 5 nitrogen and oxygen atoms in total. The Hall–Kier alpha value is -1.89. The lowest BCUT2D eigenvalue weighted by Gasteiger charge is -2.35. The van der Waals surface area contributed by atoms with Gasteiger partial charge in [0.2, 0.25) is 0 Å². The Morgan fingerprint density at radius 1 is 1.21 bits per heavy atom. The summed E-state index contributed by atoms with van der Waals surface area (Å²) in [5.74, 6) is 0.801. The minimum Gasteiger partial charge on any atom is -0.497 e. The van der Waals surface area contributed by atoms with Gasteiger partial charge in [-0.05, 0) is 35.7 Å². The Kier molecular flexibility index (Phi) is 5.50. The van der Waals surface area contributed by atoms with Gasteiger partial charge in [0.25, 0.3) is 5.91 Å². The molecule has 0 spiro atoms.